The number of nitrogens with two attached hydrogens (primary N) is 1. The van der Waals surface area contributed by atoms with Gasteiger partial charge in [0.1, 0.15) is 0 Å². The van der Waals surface area contributed by atoms with Crippen molar-refractivity contribution in [2.45, 2.75) is 31.3 Å². The Kier molecular flexibility index (Phi) is 3.01. The van der Waals surface area contributed by atoms with Gasteiger partial charge in [-0.2, -0.15) is 0 Å². The second kappa shape index (κ2) is 4.44. The van der Waals surface area contributed by atoms with Gasteiger partial charge in [-0.05, 0) is 19.3 Å². The van der Waals surface area contributed by atoms with E-state index in [2.05, 4.69) is 15.3 Å². The van der Waals surface area contributed by atoms with Crippen LogP contribution in [0.4, 0.5) is 5.95 Å². The standard InChI is InChI=1S/C10H16N4O/c1-15-9-5-12-10(13-6-9)14-8-3-2-7(11)4-8/h5-8H,2-4,11H2,1H3,(H,12,13,14)/t7-,8-/m0/s1. The van der Waals surface area contributed by atoms with Gasteiger partial charge in [0.25, 0.3) is 0 Å². The predicted octanol–water partition coefficient (Wildman–Crippen LogP) is 0.777. The summed E-state index contributed by atoms with van der Waals surface area (Å²) in [6.45, 7) is 0. The van der Waals surface area contributed by atoms with Crippen LogP contribution in [0.1, 0.15) is 19.3 Å². The summed E-state index contributed by atoms with van der Waals surface area (Å²) in [5.41, 5.74) is 5.82. The first-order valence-corrected chi connectivity index (χ1v) is 5.16. The van der Waals surface area contributed by atoms with Crippen molar-refractivity contribution in [3.8, 4) is 5.75 Å². The van der Waals surface area contributed by atoms with Crippen LogP contribution in [-0.2, 0) is 0 Å². The monoisotopic (exact) mass is 208 g/mol. The third kappa shape index (κ3) is 2.56. The van der Waals surface area contributed by atoms with Gasteiger partial charge < -0.3 is 15.8 Å². The average Bonchev–Trinajstić information content (AvgIpc) is 2.65. The van der Waals surface area contributed by atoms with Gasteiger partial charge in [-0.15, -0.1) is 0 Å². The first-order chi connectivity index (χ1) is 7.28. The number of nitrogens with zero attached hydrogens (tertiary/aromatic N) is 2. The van der Waals surface area contributed by atoms with E-state index in [1.54, 1.807) is 19.5 Å². The van der Waals surface area contributed by atoms with Crippen LogP contribution in [0.5, 0.6) is 5.75 Å². The molecule has 1 saturated carbocycles. The quantitative estimate of drug-likeness (QED) is 0.767. The fourth-order valence-electron chi connectivity index (χ4n) is 1.83. The summed E-state index contributed by atoms with van der Waals surface area (Å²) in [4.78, 5) is 8.30. The SMILES string of the molecule is COc1cnc(N[C@H]2CC[C@H](N)C2)nc1. The third-order valence-corrected chi connectivity index (χ3v) is 2.67. The van der Waals surface area contributed by atoms with Crippen molar-refractivity contribution in [1.82, 2.24) is 9.97 Å². The van der Waals surface area contributed by atoms with E-state index in [1.165, 1.54) is 0 Å². The first kappa shape index (κ1) is 10.2. The van der Waals surface area contributed by atoms with E-state index in [0.717, 1.165) is 19.3 Å². The minimum atomic E-state index is 0.320. The summed E-state index contributed by atoms with van der Waals surface area (Å²) in [6.07, 6.45) is 6.48. The van der Waals surface area contributed by atoms with E-state index in [0.29, 0.717) is 23.8 Å². The number of rotatable bonds is 3. The van der Waals surface area contributed by atoms with Crippen LogP contribution in [0, 0.1) is 0 Å². The molecule has 2 rings (SSSR count). The lowest BCUT2D eigenvalue weighted by Crippen LogP contribution is -2.21. The van der Waals surface area contributed by atoms with Gasteiger partial charge in [0.05, 0.1) is 19.5 Å². The van der Waals surface area contributed by atoms with E-state index in [1.807, 2.05) is 0 Å². The fraction of sp³-hybridized carbons (Fsp3) is 0.600. The highest BCUT2D eigenvalue weighted by atomic mass is 16.5. The summed E-state index contributed by atoms with van der Waals surface area (Å²) in [5, 5.41) is 3.26. The van der Waals surface area contributed by atoms with Gasteiger partial charge in [-0.3, -0.25) is 0 Å². The van der Waals surface area contributed by atoms with Crippen LogP contribution in [0.15, 0.2) is 12.4 Å². The number of methoxy groups -OCH3 is 1. The summed E-state index contributed by atoms with van der Waals surface area (Å²) in [5.74, 6) is 1.32. The van der Waals surface area contributed by atoms with Crippen molar-refractivity contribution >= 4 is 5.95 Å². The van der Waals surface area contributed by atoms with Crippen molar-refractivity contribution in [3.63, 3.8) is 0 Å². The zero-order valence-electron chi connectivity index (χ0n) is 8.81. The fourth-order valence-corrected chi connectivity index (χ4v) is 1.83. The number of aromatic nitrogens is 2. The van der Waals surface area contributed by atoms with Crippen LogP contribution in [0.2, 0.25) is 0 Å². The van der Waals surface area contributed by atoms with Gasteiger partial charge in [-0.25, -0.2) is 9.97 Å². The third-order valence-electron chi connectivity index (χ3n) is 2.67. The topological polar surface area (TPSA) is 73.1 Å². The minimum Gasteiger partial charge on any atom is -0.494 e. The van der Waals surface area contributed by atoms with Gasteiger partial charge in [0, 0.05) is 12.1 Å². The molecule has 1 fully saturated rings. The summed E-state index contributed by atoms with van der Waals surface area (Å²) < 4.78 is 4.98. The van der Waals surface area contributed by atoms with Gasteiger partial charge in [0.2, 0.25) is 5.95 Å². The highest BCUT2D eigenvalue weighted by Crippen LogP contribution is 2.20. The molecule has 1 aromatic rings. The summed E-state index contributed by atoms with van der Waals surface area (Å²) in [7, 11) is 1.60. The van der Waals surface area contributed by atoms with Crippen molar-refractivity contribution in [1.29, 1.82) is 0 Å². The van der Waals surface area contributed by atoms with E-state index < -0.39 is 0 Å². The highest BCUT2D eigenvalue weighted by Gasteiger charge is 2.21. The molecule has 0 radical (unpaired) electrons. The number of ether oxygens (including phenoxy) is 1. The summed E-state index contributed by atoms with van der Waals surface area (Å²) in [6, 6.07) is 0.731. The molecule has 0 aliphatic heterocycles. The second-order valence-corrected chi connectivity index (χ2v) is 3.86. The average molecular weight is 208 g/mol. The zero-order valence-corrected chi connectivity index (χ0v) is 8.81. The molecule has 0 spiro atoms. The van der Waals surface area contributed by atoms with Gasteiger partial charge >= 0.3 is 0 Å². The maximum absolute atomic E-state index is 5.82. The Labute approximate surface area is 89.1 Å². The molecule has 0 aromatic carbocycles. The zero-order chi connectivity index (χ0) is 10.7. The lowest BCUT2D eigenvalue weighted by Gasteiger charge is -2.11. The summed E-state index contributed by atoms with van der Waals surface area (Å²) >= 11 is 0. The second-order valence-electron chi connectivity index (χ2n) is 3.86. The molecule has 0 amide bonds. The lowest BCUT2D eigenvalue weighted by atomic mass is 10.2. The number of nitrogens with one attached hydrogen (secondary N) is 1. The number of hydrogen-bond acceptors (Lipinski definition) is 5. The maximum Gasteiger partial charge on any atom is 0.223 e. The van der Waals surface area contributed by atoms with Crippen LogP contribution in [-0.4, -0.2) is 29.2 Å². The maximum atomic E-state index is 5.82. The Morgan fingerprint density at radius 3 is 2.67 bits per heavy atom. The van der Waals surface area contributed by atoms with Gasteiger partial charge in [-0.1, -0.05) is 0 Å². The minimum absolute atomic E-state index is 0.320. The molecule has 1 aliphatic carbocycles. The molecule has 1 aliphatic rings. The smallest absolute Gasteiger partial charge is 0.223 e. The molecule has 82 valence electrons. The van der Waals surface area contributed by atoms with E-state index in [-0.39, 0.29) is 0 Å². The molecule has 1 heterocycles. The molecule has 0 saturated heterocycles. The molecule has 0 bridgehead atoms. The van der Waals surface area contributed by atoms with Crippen LogP contribution in [0.25, 0.3) is 0 Å². The molecule has 1 aromatic heterocycles. The van der Waals surface area contributed by atoms with Crippen molar-refractivity contribution < 1.29 is 4.74 Å². The largest absolute Gasteiger partial charge is 0.494 e. The van der Waals surface area contributed by atoms with Crippen LogP contribution < -0.4 is 15.8 Å². The van der Waals surface area contributed by atoms with Gasteiger partial charge in [0.15, 0.2) is 5.75 Å². The van der Waals surface area contributed by atoms with Crippen molar-refractivity contribution in [2.75, 3.05) is 12.4 Å². The Bertz CT molecular complexity index is 314. The Hall–Kier alpha value is -1.36. The number of anilines is 1. The van der Waals surface area contributed by atoms with E-state index in [4.69, 9.17) is 10.5 Å². The number of hydrogen-bond donors (Lipinski definition) is 2. The lowest BCUT2D eigenvalue weighted by molar-refractivity contribution is 0.411. The Morgan fingerprint density at radius 2 is 2.13 bits per heavy atom. The van der Waals surface area contributed by atoms with Crippen molar-refractivity contribution in [2.24, 2.45) is 5.73 Å². The van der Waals surface area contributed by atoms with E-state index in [9.17, 15) is 0 Å². The van der Waals surface area contributed by atoms with Crippen LogP contribution in [0.3, 0.4) is 0 Å². The normalized spacial score (nSPS) is 25.2. The first-order valence-electron chi connectivity index (χ1n) is 5.16. The van der Waals surface area contributed by atoms with Crippen LogP contribution >= 0.6 is 0 Å². The molecule has 0 unspecified atom stereocenters. The highest BCUT2D eigenvalue weighted by molar-refractivity contribution is 5.28. The Morgan fingerprint density at radius 1 is 1.40 bits per heavy atom. The molecule has 3 N–H and O–H groups in total. The molecule has 15 heavy (non-hydrogen) atoms. The molecule has 5 nitrogen and oxygen atoms in total. The van der Waals surface area contributed by atoms with Crippen molar-refractivity contribution in [3.05, 3.63) is 12.4 Å². The molecular formula is C10H16N4O. The predicted molar refractivity (Wildman–Crippen MR) is 57.8 cm³/mol. The molecular weight excluding hydrogens is 192 g/mol. The molecule has 5 heteroatoms. The Balaban J connectivity index is 1.93. The molecule has 2 atom stereocenters. The van der Waals surface area contributed by atoms with E-state index >= 15 is 0 Å².